The molecule has 0 saturated carbocycles. The van der Waals surface area contributed by atoms with E-state index in [1.165, 1.54) is 4.57 Å². The maximum atomic E-state index is 11.4. The van der Waals surface area contributed by atoms with E-state index in [1.54, 1.807) is 31.5 Å². The van der Waals surface area contributed by atoms with Crippen molar-refractivity contribution in [3.63, 3.8) is 0 Å². The number of pyridine rings is 1. The van der Waals surface area contributed by atoms with Crippen molar-refractivity contribution in [1.82, 2.24) is 9.55 Å². The Labute approximate surface area is 81.1 Å². The number of hydrogen-bond acceptors (Lipinski definition) is 3. The van der Waals surface area contributed by atoms with E-state index in [-0.39, 0.29) is 6.09 Å². The van der Waals surface area contributed by atoms with Gasteiger partial charge in [0.25, 0.3) is 0 Å². The van der Waals surface area contributed by atoms with Gasteiger partial charge < -0.3 is 4.74 Å². The highest BCUT2D eigenvalue weighted by atomic mass is 16.5. The van der Waals surface area contributed by atoms with Crippen LogP contribution in [0.3, 0.4) is 0 Å². The van der Waals surface area contributed by atoms with E-state index < -0.39 is 0 Å². The molecule has 0 aliphatic carbocycles. The Morgan fingerprint density at radius 2 is 2.43 bits per heavy atom. The van der Waals surface area contributed by atoms with Crippen molar-refractivity contribution in [1.29, 1.82) is 0 Å². The number of ether oxygens (including phenoxy) is 1. The van der Waals surface area contributed by atoms with E-state index in [2.05, 4.69) is 4.98 Å². The predicted molar refractivity (Wildman–Crippen MR) is 52.2 cm³/mol. The van der Waals surface area contributed by atoms with Gasteiger partial charge >= 0.3 is 6.09 Å². The summed E-state index contributed by atoms with van der Waals surface area (Å²) in [5.74, 6) is 0. The van der Waals surface area contributed by atoms with Gasteiger partial charge in [-0.25, -0.2) is 4.79 Å². The highest BCUT2D eigenvalue weighted by molar-refractivity contribution is 5.86. The summed E-state index contributed by atoms with van der Waals surface area (Å²) in [6.07, 6.45) is 2.99. The molecule has 0 bridgehead atoms. The minimum absolute atomic E-state index is 0.365. The SMILES string of the molecule is CCOC(=O)n1ccc2ncccc21. The van der Waals surface area contributed by atoms with E-state index in [0.717, 1.165) is 11.0 Å². The topological polar surface area (TPSA) is 44.1 Å². The highest BCUT2D eigenvalue weighted by Crippen LogP contribution is 2.12. The van der Waals surface area contributed by atoms with Crippen molar-refractivity contribution in [3.8, 4) is 0 Å². The molecule has 0 unspecified atom stereocenters. The second-order valence-electron chi connectivity index (χ2n) is 2.79. The maximum Gasteiger partial charge on any atom is 0.418 e. The first-order valence-corrected chi connectivity index (χ1v) is 4.42. The Hall–Kier alpha value is -1.84. The molecule has 0 N–H and O–H groups in total. The molecule has 2 heterocycles. The molecule has 0 amide bonds. The van der Waals surface area contributed by atoms with Gasteiger partial charge in [0.15, 0.2) is 0 Å². The van der Waals surface area contributed by atoms with Crippen LogP contribution < -0.4 is 0 Å². The quantitative estimate of drug-likeness (QED) is 0.691. The standard InChI is InChI=1S/C10H10N2O2/c1-2-14-10(13)12-7-5-8-9(12)4-3-6-11-8/h3-7H,2H2,1H3. The van der Waals surface area contributed by atoms with E-state index in [1.807, 2.05) is 6.07 Å². The summed E-state index contributed by atoms with van der Waals surface area (Å²) in [4.78, 5) is 15.5. The maximum absolute atomic E-state index is 11.4. The first-order valence-electron chi connectivity index (χ1n) is 4.42. The molecule has 0 fully saturated rings. The summed E-state index contributed by atoms with van der Waals surface area (Å²) < 4.78 is 6.34. The third-order valence-electron chi connectivity index (χ3n) is 1.92. The van der Waals surface area contributed by atoms with Crippen molar-refractivity contribution in [3.05, 3.63) is 30.6 Å². The third-order valence-corrected chi connectivity index (χ3v) is 1.92. The highest BCUT2D eigenvalue weighted by Gasteiger charge is 2.08. The van der Waals surface area contributed by atoms with Gasteiger partial charge in [0.05, 0.1) is 17.6 Å². The molecular weight excluding hydrogens is 180 g/mol. The number of rotatable bonds is 1. The number of hydrogen-bond donors (Lipinski definition) is 0. The van der Waals surface area contributed by atoms with Crippen LogP contribution in [0.15, 0.2) is 30.6 Å². The molecular formula is C10H10N2O2. The van der Waals surface area contributed by atoms with Crippen molar-refractivity contribution in [2.75, 3.05) is 6.61 Å². The Morgan fingerprint density at radius 3 is 3.21 bits per heavy atom. The zero-order valence-corrected chi connectivity index (χ0v) is 7.80. The molecule has 2 rings (SSSR count). The van der Waals surface area contributed by atoms with Gasteiger partial charge in [0.2, 0.25) is 0 Å². The number of nitrogens with zero attached hydrogens (tertiary/aromatic N) is 2. The van der Waals surface area contributed by atoms with Crippen molar-refractivity contribution < 1.29 is 9.53 Å². The summed E-state index contributed by atoms with van der Waals surface area (Å²) in [7, 11) is 0. The predicted octanol–water partition coefficient (Wildman–Crippen LogP) is 2.04. The number of carbonyl (C=O) groups excluding carboxylic acids is 1. The summed E-state index contributed by atoms with van der Waals surface area (Å²) >= 11 is 0. The Kier molecular flexibility index (Phi) is 2.18. The van der Waals surface area contributed by atoms with Crippen LogP contribution in [-0.4, -0.2) is 22.3 Å². The first kappa shape index (κ1) is 8.74. The number of aromatic nitrogens is 2. The van der Waals surface area contributed by atoms with Crippen LogP contribution in [0, 0.1) is 0 Å². The van der Waals surface area contributed by atoms with Crippen LogP contribution in [0.5, 0.6) is 0 Å². The molecule has 72 valence electrons. The van der Waals surface area contributed by atoms with Gasteiger partial charge in [0.1, 0.15) is 0 Å². The Morgan fingerprint density at radius 1 is 1.57 bits per heavy atom. The molecule has 4 nitrogen and oxygen atoms in total. The van der Waals surface area contributed by atoms with Crippen LogP contribution in [0.2, 0.25) is 0 Å². The van der Waals surface area contributed by atoms with Crippen LogP contribution in [-0.2, 0) is 4.74 Å². The zero-order chi connectivity index (χ0) is 9.97. The lowest BCUT2D eigenvalue weighted by Crippen LogP contribution is -2.11. The van der Waals surface area contributed by atoms with Crippen LogP contribution in [0.25, 0.3) is 11.0 Å². The number of fused-ring (bicyclic) bond motifs is 1. The zero-order valence-electron chi connectivity index (χ0n) is 7.80. The van der Waals surface area contributed by atoms with Gasteiger partial charge in [-0.1, -0.05) is 0 Å². The van der Waals surface area contributed by atoms with Crippen molar-refractivity contribution >= 4 is 17.1 Å². The van der Waals surface area contributed by atoms with Crippen LogP contribution >= 0.6 is 0 Å². The second-order valence-corrected chi connectivity index (χ2v) is 2.79. The molecule has 0 saturated heterocycles. The van der Waals surface area contributed by atoms with Gasteiger partial charge in [-0.05, 0) is 25.1 Å². The van der Waals surface area contributed by atoms with Crippen LogP contribution in [0.1, 0.15) is 6.92 Å². The monoisotopic (exact) mass is 190 g/mol. The van der Waals surface area contributed by atoms with Crippen LogP contribution in [0.4, 0.5) is 4.79 Å². The number of carbonyl (C=O) groups is 1. The fraction of sp³-hybridized carbons (Fsp3) is 0.200. The first-order chi connectivity index (χ1) is 6.83. The largest absolute Gasteiger partial charge is 0.449 e. The molecule has 0 aliphatic rings. The lowest BCUT2D eigenvalue weighted by molar-refractivity contribution is 0.155. The molecule has 14 heavy (non-hydrogen) atoms. The summed E-state index contributed by atoms with van der Waals surface area (Å²) in [6, 6.07) is 5.41. The average molecular weight is 190 g/mol. The smallest absolute Gasteiger partial charge is 0.418 e. The van der Waals surface area contributed by atoms with Gasteiger partial charge in [-0.3, -0.25) is 9.55 Å². The van der Waals surface area contributed by atoms with Crippen molar-refractivity contribution in [2.24, 2.45) is 0 Å². The lowest BCUT2D eigenvalue weighted by atomic mass is 10.4. The molecule has 4 heteroatoms. The van der Waals surface area contributed by atoms with E-state index in [0.29, 0.717) is 6.61 Å². The third kappa shape index (κ3) is 1.35. The summed E-state index contributed by atoms with van der Waals surface area (Å²) in [5, 5.41) is 0. The summed E-state index contributed by atoms with van der Waals surface area (Å²) in [5.41, 5.74) is 1.56. The second kappa shape index (κ2) is 3.49. The van der Waals surface area contributed by atoms with Gasteiger partial charge in [-0.2, -0.15) is 0 Å². The fourth-order valence-electron chi connectivity index (χ4n) is 1.32. The van der Waals surface area contributed by atoms with E-state index >= 15 is 0 Å². The fourth-order valence-corrected chi connectivity index (χ4v) is 1.32. The van der Waals surface area contributed by atoms with E-state index in [4.69, 9.17) is 4.74 Å². The molecule has 0 spiro atoms. The minimum Gasteiger partial charge on any atom is -0.449 e. The molecule has 0 atom stereocenters. The molecule has 2 aromatic rings. The lowest BCUT2D eigenvalue weighted by Gasteiger charge is -2.02. The summed E-state index contributed by atoms with van der Waals surface area (Å²) in [6.45, 7) is 2.15. The molecule has 0 aliphatic heterocycles. The van der Waals surface area contributed by atoms with E-state index in [9.17, 15) is 4.79 Å². The molecule has 2 aromatic heterocycles. The van der Waals surface area contributed by atoms with Gasteiger partial charge in [0, 0.05) is 12.4 Å². The average Bonchev–Trinajstić information content (AvgIpc) is 2.61. The Bertz CT molecular complexity index is 462. The van der Waals surface area contributed by atoms with Crippen molar-refractivity contribution in [2.45, 2.75) is 6.92 Å². The molecule has 0 aromatic carbocycles. The molecule has 0 radical (unpaired) electrons. The normalized spacial score (nSPS) is 10.4. The Balaban J connectivity index is 2.47. The van der Waals surface area contributed by atoms with Gasteiger partial charge in [-0.15, -0.1) is 0 Å². The minimum atomic E-state index is -0.365.